The third-order valence-electron chi connectivity index (χ3n) is 2.30. The van der Waals surface area contributed by atoms with Crippen LogP contribution in [0.3, 0.4) is 0 Å². The highest BCUT2D eigenvalue weighted by atomic mass is 19.3. The first kappa shape index (κ1) is 13.9. The van der Waals surface area contributed by atoms with Gasteiger partial charge in [-0.2, -0.15) is 14.0 Å². The van der Waals surface area contributed by atoms with Gasteiger partial charge in [0.15, 0.2) is 0 Å². The number of benzene rings is 1. The van der Waals surface area contributed by atoms with Crippen LogP contribution in [0, 0.1) is 11.3 Å². The average Bonchev–Trinajstić information content (AvgIpc) is 2.29. The fourth-order valence-electron chi connectivity index (χ4n) is 1.56. The van der Waals surface area contributed by atoms with Crippen molar-refractivity contribution in [3.63, 3.8) is 0 Å². The van der Waals surface area contributed by atoms with E-state index in [4.69, 9.17) is 10.4 Å². The summed E-state index contributed by atoms with van der Waals surface area (Å²) >= 11 is 0. The van der Waals surface area contributed by atoms with Gasteiger partial charge in [0.2, 0.25) is 0 Å². The number of hydrogen-bond donors (Lipinski definition) is 1. The summed E-state index contributed by atoms with van der Waals surface area (Å²) in [5.41, 5.74) is 0.703. The summed E-state index contributed by atoms with van der Waals surface area (Å²) < 4.78 is 28.8. The average molecular weight is 255 g/mol. The molecule has 1 rings (SSSR count). The van der Waals surface area contributed by atoms with E-state index in [-0.39, 0.29) is 16.9 Å². The molecule has 0 spiro atoms. The lowest BCUT2D eigenvalue weighted by Crippen LogP contribution is -2.10. The Kier molecular flexibility index (Phi) is 4.60. The number of ether oxygens (including phenoxy) is 1. The molecule has 0 saturated carbocycles. The van der Waals surface area contributed by atoms with Crippen molar-refractivity contribution in [2.75, 3.05) is 0 Å². The quantitative estimate of drug-likeness (QED) is 0.876. The number of alkyl halides is 2. The van der Waals surface area contributed by atoms with Crippen LogP contribution >= 0.6 is 0 Å². The van der Waals surface area contributed by atoms with Crippen molar-refractivity contribution in [3.8, 4) is 11.8 Å². The SMILES string of the molecule is CCc1cc(C#N)c(OC(F)F)c(CC(=O)O)c1. The number of aliphatic carboxylic acids is 1. The van der Waals surface area contributed by atoms with Crippen LogP contribution in [-0.4, -0.2) is 17.7 Å². The normalized spacial score (nSPS) is 10.2. The fraction of sp³-hybridized carbons (Fsp3) is 0.333. The van der Waals surface area contributed by atoms with Crippen LogP contribution in [0.5, 0.6) is 5.75 Å². The predicted octanol–water partition coefficient (Wildman–Crippen LogP) is 2.35. The Morgan fingerprint density at radius 2 is 2.22 bits per heavy atom. The standard InChI is InChI=1S/C12H11F2NO3/c1-2-7-3-8(5-10(16)17)11(18-12(13)14)9(4-7)6-15/h3-4,12H,2,5H2,1H3,(H,16,17). The molecule has 0 unspecified atom stereocenters. The molecule has 6 heteroatoms. The van der Waals surface area contributed by atoms with Crippen molar-refractivity contribution in [2.45, 2.75) is 26.4 Å². The van der Waals surface area contributed by atoms with E-state index in [0.717, 1.165) is 0 Å². The lowest BCUT2D eigenvalue weighted by Gasteiger charge is -2.12. The van der Waals surface area contributed by atoms with Gasteiger partial charge < -0.3 is 9.84 Å². The first-order chi connectivity index (χ1) is 8.47. The van der Waals surface area contributed by atoms with Crippen molar-refractivity contribution in [3.05, 3.63) is 28.8 Å². The van der Waals surface area contributed by atoms with Gasteiger partial charge >= 0.3 is 12.6 Å². The third kappa shape index (κ3) is 3.42. The maximum atomic E-state index is 12.3. The van der Waals surface area contributed by atoms with Gasteiger partial charge in [-0.05, 0) is 18.1 Å². The van der Waals surface area contributed by atoms with E-state index in [1.54, 1.807) is 6.07 Å². The number of nitriles is 1. The van der Waals surface area contributed by atoms with Crippen LogP contribution in [0.2, 0.25) is 0 Å². The molecule has 0 bridgehead atoms. The van der Waals surface area contributed by atoms with Gasteiger partial charge in [-0.1, -0.05) is 13.0 Å². The van der Waals surface area contributed by atoms with Gasteiger partial charge in [-0.3, -0.25) is 4.79 Å². The van der Waals surface area contributed by atoms with Crippen molar-refractivity contribution < 1.29 is 23.4 Å². The maximum Gasteiger partial charge on any atom is 0.387 e. The largest absolute Gasteiger partial charge is 0.481 e. The number of rotatable bonds is 5. The zero-order valence-corrected chi connectivity index (χ0v) is 9.61. The van der Waals surface area contributed by atoms with Crippen LogP contribution in [0.25, 0.3) is 0 Å². The number of aryl methyl sites for hydroxylation is 1. The molecule has 96 valence electrons. The number of carbonyl (C=O) groups is 1. The van der Waals surface area contributed by atoms with Crippen LogP contribution in [-0.2, 0) is 17.6 Å². The molecule has 4 nitrogen and oxygen atoms in total. The smallest absolute Gasteiger partial charge is 0.387 e. The highest BCUT2D eigenvalue weighted by Gasteiger charge is 2.17. The molecule has 0 fully saturated rings. The van der Waals surface area contributed by atoms with Crippen molar-refractivity contribution in [1.29, 1.82) is 5.26 Å². The minimum atomic E-state index is -3.10. The van der Waals surface area contributed by atoms with E-state index >= 15 is 0 Å². The Balaban J connectivity index is 3.32. The molecule has 0 saturated heterocycles. The zero-order chi connectivity index (χ0) is 13.7. The van der Waals surface area contributed by atoms with Gasteiger partial charge in [0.05, 0.1) is 12.0 Å². The topological polar surface area (TPSA) is 70.3 Å². The molecule has 1 N–H and O–H groups in total. The number of nitrogens with zero attached hydrogens (tertiary/aromatic N) is 1. The van der Waals surface area contributed by atoms with E-state index in [1.807, 2.05) is 6.92 Å². The van der Waals surface area contributed by atoms with E-state index in [9.17, 15) is 13.6 Å². The summed E-state index contributed by atoms with van der Waals surface area (Å²) in [7, 11) is 0. The second-order valence-electron chi connectivity index (χ2n) is 3.55. The molecule has 0 atom stereocenters. The number of carboxylic acids is 1. The van der Waals surface area contributed by atoms with Gasteiger partial charge in [-0.15, -0.1) is 0 Å². The summed E-state index contributed by atoms with van der Waals surface area (Å²) in [5, 5.41) is 17.6. The number of carboxylic acid groups (broad SMARTS) is 1. The molecule has 0 aliphatic heterocycles. The summed E-state index contributed by atoms with van der Waals surface area (Å²) in [6.45, 7) is -1.29. The molecular formula is C12H11F2NO3. The van der Waals surface area contributed by atoms with Gasteiger partial charge in [0, 0.05) is 5.56 Å². The highest BCUT2D eigenvalue weighted by molar-refractivity contribution is 5.72. The highest BCUT2D eigenvalue weighted by Crippen LogP contribution is 2.28. The second kappa shape index (κ2) is 5.96. The molecule has 0 radical (unpaired) electrons. The number of hydrogen-bond acceptors (Lipinski definition) is 3. The molecule has 0 aliphatic rings. The first-order valence-corrected chi connectivity index (χ1v) is 5.20. The maximum absolute atomic E-state index is 12.3. The Bertz CT molecular complexity index is 495. The van der Waals surface area contributed by atoms with Crippen molar-refractivity contribution >= 4 is 5.97 Å². The molecule has 0 aliphatic carbocycles. The zero-order valence-electron chi connectivity index (χ0n) is 9.61. The summed E-state index contributed by atoms with van der Waals surface area (Å²) in [6.07, 6.45) is 0.0980. The minimum Gasteiger partial charge on any atom is -0.481 e. The Labute approximate surface area is 102 Å². The molecule has 0 aromatic heterocycles. The third-order valence-corrected chi connectivity index (χ3v) is 2.30. The number of halogens is 2. The van der Waals surface area contributed by atoms with Crippen molar-refractivity contribution in [1.82, 2.24) is 0 Å². The molecule has 0 amide bonds. The monoisotopic (exact) mass is 255 g/mol. The van der Waals surface area contributed by atoms with E-state index in [0.29, 0.717) is 12.0 Å². The summed E-state index contributed by atoms with van der Waals surface area (Å²) in [6, 6.07) is 4.62. The Hall–Kier alpha value is -2.16. The lowest BCUT2D eigenvalue weighted by atomic mass is 10.0. The molecule has 1 aromatic carbocycles. The Morgan fingerprint density at radius 3 is 2.67 bits per heavy atom. The van der Waals surface area contributed by atoms with E-state index in [2.05, 4.69) is 4.74 Å². The minimum absolute atomic E-state index is 0.0779. The first-order valence-electron chi connectivity index (χ1n) is 5.20. The van der Waals surface area contributed by atoms with Crippen LogP contribution in [0.15, 0.2) is 12.1 Å². The predicted molar refractivity (Wildman–Crippen MR) is 58.5 cm³/mol. The van der Waals surface area contributed by atoms with E-state index in [1.165, 1.54) is 12.1 Å². The molecule has 0 heterocycles. The molecular weight excluding hydrogens is 244 g/mol. The van der Waals surface area contributed by atoms with E-state index < -0.39 is 19.0 Å². The summed E-state index contributed by atoms with van der Waals surface area (Å²) in [5.74, 6) is -1.53. The van der Waals surface area contributed by atoms with Gasteiger partial charge in [-0.25, -0.2) is 0 Å². The Morgan fingerprint density at radius 1 is 1.56 bits per heavy atom. The van der Waals surface area contributed by atoms with Gasteiger partial charge in [0.1, 0.15) is 11.8 Å². The fourth-order valence-corrected chi connectivity index (χ4v) is 1.56. The van der Waals surface area contributed by atoms with Crippen LogP contribution in [0.1, 0.15) is 23.6 Å². The molecule has 1 aromatic rings. The van der Waals surface area contributed by atoms with Crippen LogP contribution in [0.4, 0.5) is 8.78 Å². The van der Waals surface area contributed by atoms with Gasteiger partial charge in [0.25, 0.3) is 0 Å². The van der Waals surface area contributed by atoms with Crippen molar-refractivity contribution in [2.24, 2.45) is 0 Å². The summed E-state index contributed by atoms with van der Waals surface area (Å²) in [4.78, 5) is 10.7. The second-order valence-corrected chi connectivity index (χ2v) is 3.55. The lowest BCUT2D eigenvalue weighted by molar-refractivity contribution is -0.136. The molecule has 18 heavy (non-hydrogen) atoms. The van der Waals surface area contributed by atoms with Crippen LogP contribution < -0.4 is 4.74 Å².